The number of aromatic nitrogens is 4. The number of nitrogens with zero attached hydrogens (tertiary/aromatic N) is 6. The smallest absolute Gasteiger partial charge is 0.338 e. The van der Waals surface area contributed by atoms with Crippen molar-refractivity contribution < 1.29 is 9.90 Å². The molecule has 0 atom stereocenters. The molecule has 1 fully saturated rings. The summed E-state index contributed by atoms with van der Waals surface area (Å²) in [7, 11) is 2.07. The highest BCUT2D eigenvalue weighted by Gasteiger charge is 2.28. The molecule has 22 heavy (non-hydrogen) atoms. The lowest BCUT2D eigenvalue weighted by molar-refractivity contribution is -0.130. The molecule has 0 amide bonds. The minimum absolute atomic E-state index is 0.151. The summed E-state index contributed by atoms with van der Waals surface area (Å²) in [4.78, 5) is 33.0. The topological polar surface area (TPSA) is 95.3 Å². The van der Waals surface area contributed by atoms with Gasteiger partial charge in [0.25, 0.3) is 0 Å². The number of rotatable bonds is 2. The Bertz CT molecular complexity index is 810. The highest BCUT2D eigenvalue weighted by Crippen LogP contribution is 2.33. The largest absolute Gasteiger partial charge is 0.478 e. The van der Waals surface area contributed by atoms with Gasteiger partial charge in [0.05, 0.1) is 22.3 Å². The first-order valence-corrected chi connectivity index (χ1v) is 7.05. The van der Waals surface area contributed by atoms with Crippen LogP contribution in [0.1, 0.15) is 11.4 Å². The highest BCUT2D eigenvalue weighted by atomic mass is 16.4. The van der Waals surface area contributed by atoms with Gasteiger partial charge in [0.2, 0.25) is 5.95 Å². The summed E-state index contributed by atoms with van der Waals surface area (Å²) in [6.07, 6.45) is 2.94. The molecule has 4 rings (SSSR count). The van der Waals surface area contributed by atoms with Gasteiger partial charge in [-0.05, 0) is 13.1 Å². The summed E-state index contributed by atoms with van der Waals surface area (Å²) in [5.41, 5.74) is 1.64. The molecule has 0 aromatic carbocycles. The second kappa shape index (κ2) is 4.70. The van der Waals surface area contributed by atoms with Gasteiger partial charge in [-0.15, -0.1) is 0 Å². The molecule has 1 aliphatic carbocycles. The molecule has 2 aromatic rings. The first kappa shape index (κ1) is 13.1. The normalized spacial score (nSPS) is 17.9. The Labute approximate surface area is 126 Å². The maximum absolute atomic E-state index is 11.4. The quantitative estimate of drug-likeness (QED) is 0.834. The summed E-state index contributed by atoms with van der Waals surface area (Å²) in [5.74, 6) is -0.475. The maximum Gasteiger partial charge on any atom is 0.338 e. The van der Waals surface area contributed by atoms with Gasteiger partial charge in [-0.25, -0.2) is 19.7 Å². The van der Waals surface area contributed by atoms with Crippen molar-refractivity contribution in [3.05, 3.63) is 17.7 Å². The number of likely N-dealkylation sites (N-methyl/N-ethyl adjacent to an activating group) is 1. The molecule has 0 bridgehead atoms. The Morgan fingerprint density at radius 1 is 1.18 bits per heavy atom. The zero-order valence-corrected chi connectivity index (χ0v) is 12.0. The minimum atomic E-state index is -1.01. The van der Waals surface area contributed by atoms with E-state index < -0.39 is 5.97 Å². The van der Waals surface area contributed by atoms with Gasteiger partial charge >= 0.3 is 5.97 Å². The third-order valence-corrected chi connectivity index (χ3v) is 4.06. The standard InChI is InChI=1S/C14H14N6O2/c1-19-2-4-20(5-3-19)14-17-11-8(13(21)22)6-9-10(11)12(18-14)16-7-15-9/h6-7H,2-5H2,1H3,(H,21,22). The molecule has 2 aromatic heterocycles. The molecule has 0 saturated carbocycles. The van der Waals surface area contributed by atoms with Crippen LogP contribution in [0.25, 0.3) is 22.7 Å². The Hall–Kier alpha value is -2.61. The van der Waals surface area contributed by atoms with Crippen LogP contribution >= 0.6 is 0 Å². The number of carboxylic acids is 1. The molecule has 8 nitrogen and oxygen atoms in total. The van der Waals surface area contributed by atoms with Crippen molar-refractivity contribution in [2.45, 2.75) is 0 Å². The van der Waals surface area contributed by atoms with Crippen molar-refractivity contribution in [2.75, 3.05) is 38.1 Å². The fourth-order valence-electron chi connectivity index (χ4n) is 2.80. The van der Waals surface area contributed by atoms with Gasteiger partial charge in [-0.2, -0.15) is 4.98 Å². The number of hydrogen-bond acceptors (Lipinski definition) is 7. The third-order valence-electron chi connectivity index (χ3n) is 4.06. The molecular formula is C14H14N6O2. The molecule has 8 heteroatoms. The average Bonchev–Trinajstić information content (AvgIpc) is 2.89. The van der Waals surface area contributed by atoms with Crippen molar-refractivity contribution in [1.82, 2.24) is 24.8 Å². The molecule has 112 valence electrons. The molecule has 0 spiro atoms. The van der Waals surface area contributed by atoms with E-state index in [0.717, 1.165) is 26.2 Å². The second-order valence-corrected chi connectivity index (χ2v) is 5.48. The number of aliphatic carboxylic acids is 1. The summed E-state index contributed by atoms with van der Waals surface area (Å²) < 4.78 is 0. The first-order valence-electron chi connectivity index (χ1n) is 7.05. The van der Waals surface area contributed by atoms with E-state index in [1.54, 1.807) is 0 Å². The fourth-order valence-corrected chi connectivity index (χ4v) is 2.80. The van der Waals surface area contributed by atoms with Gasteiger partial charge in [0, 0.05) is 26.2 Å². The number of hydrogen-bond donors (Lipinski definition) is 1. The van der Waals surface area contributed by atoms with E-state index >= 15 is 0 Å². The van der Waals surface area contributed by atoms with Crippen LogP contribution in [0.3, 0.4) is 0 Å². The molecule has 3 heterocycles. The lowest BCUT2D eigenvalue weighted by Crippen LogP contribution is -2.45. The summed E-state index contributed by atoms with van der Waals surface area (Å²) in [5, 5.41) is 10.00. The van der Waals surface area contributed by atoms with E-state index in [9.17, 15) is 9.90 Å². The molecule has 0 unspecified atom stereocenters. The average molecular weight is 298 g/mol. The predicted molar refractivity (Wildman–Crippen MR) is 80.3 cm³/mol. The molecule has 1 saturated heterocycles. The van der Waals surface area contributed by atoms with E-state index in [4.69, 9.17) is 0 Å². The van der Waals surface area contributed by atoms with Crippen LogP contribution in [-0.4, -0.2) is 69.1 Å². The van der Waals surface area contributed by atoms with E-state index in [1.807, 2.05) is 0 Å². The van der Waals surface area contributed by atoms with Crippen LogP contribution < -0.4 is 4.90 Å². The van der Waals surface area contributed by atoms with Gasteiger partial charge in [0.1, 0.15) is 6.33 Å². The van der Waals surface area contributed by atoms with Crippen molar-refractivity contribution in [2.24, 2.45) is 0 Å². The highest BCUT2D eigenvalue weighted by molar-refractivity contribution is 6.27. The maximum atomic E-state index is 11.4. The van der Waals surface area contributed by atoms with Crippen LogP contribution in [0.5, 0.6) is 0 Å². The van der Waals surface area contributed by atoms with Crippen LogP contribution in [0.15, 0.2) is 6.33 Å². The van der Waals surface area contributed by atoms with Crippen LogP contribution in [0, 0.1) is 0 Å². The van der Waals surface area contributed by atoms with Gasteiger partial charge in [0.15, 0.2) is 5.65 Å². The molecule has 0 radical (unpaired) electrons. The Morgan fingerprint density at radius 3 is 2.68 bits per heavy atom. The van der Waals surface area contributed by atoms with Gasteiger partial charge in [-0.1, -0.05) is 0 Å². The fraction of sp³-hybridized carbons (Fsp3) is 0.357. The number of carbonyl (C=O) groups is 1. The number of carboxylic acid groups (broad SMARTS) is 1. The summed E-state index contributed by atoms with van der Waals surface area (Å²) in [6.45, 7) is 3.47. The molecular weight excluding hydrogens is 284 g/mol. The van der Waals surface area contributed by atoms with Gasteiger partial charge in [-0.3, -0.25) is 0 Å². The van der Waals surface area contributed by atoms with E-state index in [2.05, 4.69) is 36.8 Å². The van der Waals surface area contributed by atoms with Crippen molar-refractivity contribution in [3.8, 4) is 0 Å². The molecule has 2 aliphatic rings. The Kier molecular flexibility index (Phi) is 2.80. The third kappa shape index (κ3) is 1.92. The van der Waals surface area contributed by atoms with Crippen molar-refractivity contribution in [3.63, 3.8) is 0 Å². The van der Waals surface area contributed by atoms with E-state index in [1.165, 1.54) is 12.4 Å². The Morgan fingerprint density at radius 2 is 1.95 bits per heavy atom. The van der Waals surface area contributed by atoms with Crippen molar-refractivity contribution in [1.29, 1.82) is 0 Å². The number of anilines is 1. The second-order valence-electron chi connectivity index (χ2n) is 5.48. The zero-order chi connectivity index (χ0) is 15.3. The van der Waals surface area contributed by atoms with Crippen LogP contribution in [0.2, 0.25) is 0 Å². The SMILES string of the molecule is CN1CCN(c2nc3c4c(ncnc4n2)C=C3C(=O)O)CC1. The lowest BCUT2D eigenvalue weighted by Gasteiger charge is -2.32. The van der Waals surface area contributed by atoms with E-state index in [0.29, 0.717) is 28.4 Å². The summed E-state index contributed by atoms with van der Waals surface area (Å²) >= 11 is 0. The summed E-state index contributed by atoms with van der Waals surface area (Å²) in [6, 6.07) is 0. The minimum Gasteiger partial charge on any atom is -0.478 e. The zero-order valence-electron chi connectivity index (χ0n) is 12.0. The van der Waals surface area contributed by atoms with Crippen LogP contribution in [-0.2, 0) is 4.79 Å². The lowest BCUT2D eigenvalue weighted by atomic mass is 10.2. The van der Waals surface area contributed by atoms with Crippen LogP contribution in [0.4, 0.5) is 5.95 Å². The predicted octanol–water partition coefficient (Wildman–Crippen LogP) is 0.110. The van der Waals surface area contributed by atoms with Gasteiger partial charge < -0.3 is 14.9 Å². The van der Waals surface area contributed by atoms with Crippen molar-refractivity contribution >= 4 is 34.6 Å². The Balaban J connectivity index is 1.84. The van der Waals surface area contributed by atoms with E-state index in [-0.39, 0.29) is 5.57 Å². The molecule has 1 N–H and O–H groups in total. The number of piperazine rings is 1. The molecule has 1 aliphatic heterocycles. The first-order chi connectivity index (χ1) is 10.6. The monoisotopic (exact) mass is 298 g/mol.